The van der Waals surface area contributed by atoms with Crippen LogP contribution >= 0.6 is 11.6 Å². The van der Waals surface area contributed by atoms with Gasteiger partial charge < -0.3 is 15.3 Å². The predicted octanol–water partition coefficient (Wildman–Crippen LogP) is 5.62. The molecule has 0 bridgehead atoms. The van der Waals surface area contributed by atoms with Gasteiger partial charge in [0.2, 0.25) is 0 Å². The van der Waals surface area contributed by atoms with Crippen molar-refractivity contribution in [1.29, 1.82) is 5.26 Å². The van der Waals surface area contributed by atoms with E-state index in [0.29, 0.717) is 48.0 Å². The van der Waals surface area contributed by atoms with E-state index in [1.165, 1.54) is 0 Å². The molecule has 3 fully saturated rings. The Bertz CT molecular complexity index is 1200. The molecule has 1 atom stereocenters. The van der Waals surface area contributed by atoms with Gasteiger partial charge in [-0.25, -0.2) is 14.8 Å². The highest BCUT2D eigenvalue weighted by Crippen LogP contribution is 2.54. The number of piperazine rings is 1. The Morgan fingerprint density at radius 2 is 2.00 bits per heavy atom. The number of carbonyl (C=O) groups is 1. The zero-order valence-corrected chi connectivity index (χ0v) is 21.1. The van der Waals surface area contributed by atoms with Gasteiger partial charge in [0.25, 0.3) is 0 Å². The topological polar surface area (TPSA) is 105 Å². The second-order valence-corrected chi connectivity index (χ2v) is 11.4. The van der Waals surface area contributed by atoms with Crippen LogP contribution in [0.2, 0.25) is 5.15 Å². The van der Waals surface area contributed by atoms with Crippen LogP contribution in [-0.4, -0.2) is 51.2 Å². The largest absolute Gasteiger partial charge is 0.465 e. The van der Waals surface area contributed by atoms with Gasteiger partial charge in [-0.05, 0) is 55.2 Å². The van der Waals surface area contributed by atoms with Crippen molar-refractivity contribution in [3.05, 3.63) is 40.8 Å². The predicted molar refractivity (Wildman–Crippen MR) is 135 cm³/mol. The van der Waals surface area contributed by atoms with Gasteiger partial charge in [0.15, 0.2) is 0 Å². The molecule has 1 saturated heterocycles. The van der Waals surface area contributed by atoms with E-state index in [2.05, 4.69) is 42.0 Å². The molecule has 2 aromatic rings. The van der Waals surface area contributed by atoms with Crippen molar-refractivity contribution in [2.24, 2.45) is 11.3 Å². The average molecular weight is 495 g/mol. The van der Waals surface area contributed by atoms with Crippen molar-refractivity contribution in [3.8, 4) is 6.07 Å². The Morgan fingerprint density at radius 3 is 2.57 bits per heavy atom. The van der Waals surface area contributed by atoms with Crippen LogP contribution in [0.3, 0.4) is 0 Å². The number of carboxylic acid groups (broad SMARTS) is 1. The highest BCUT2D eigenvalue weighted by atomic mass is 35.5. The van der Waals surface area contributed by atoms with Gasteiger partial charge >= 0.3 is 6.09 Å². The molecule has 8 nitrogen and oxygen atoms in total. The number of aromatic nitrogens is 2. The quantitative estimate of drug-likeness (QED) is 0.520. The molecule has 5 rings (SSSR count). The summed E-state index contributed by atoms with van der Waals surface area (Å²) in [5.74, 6) is 1.32. The summed E-state index contributed by atoms with van der Waals surface area (Å²) < 4.78 is 0. The Hall–Kier alpha value is -3.05. The van der Waals surface area contributed by atoms with E-state index >= 15 is 0 Å². The fraction of sp³-hybridized carbons (Fsp3) is 0.538. The van der Waals surface area contributed by atoms with E-state index in [4.69, 9.17) is 16.6 Å². The summed E-state index contributed by atoms with van der Waals surface area (Å²) in [6, 6.07) is 7.81. The van der Waals surface area contributed by atoms with Crippen molar-refractivity contribution in [3.63, 3.8) is 0 Å². The number of nitrogens with zero attached hydrogens (tertiary/aromatic N) is 5. The van der Waals surface area contributed by atoms with E-state index in [-0.39, 0.29) is 5.41 Å². The Labute approximate surface area is 210 Å². The normalized spacial score (nSPS) is 22.6. The third-order valence-electron chi connectivity index (χ3n) is 7.71. The van der Waals surface area contributed by atoms with Crippen LogP contribution in [-0.2, 0) is 0 Å². The van der Waals surface area contributed by atoms with Gasteiger partial charge in [-0.2, -0.15) is 5.26 Å². The van der Waals surface area contributed by atoms with Gasteiger partial charge in [0.1, 0.15) is 17.0 Å². The Morgan fingerprint density at radius 1 is 1.26 bits per heavy atom. The van der Waals surface area contributed by atoms with Gasteiger partial charge in [0.05, 0.1) is 22.5 Å². The summed E-state index contributed by atoms with van der Waals surface area (Å²) in [5.41, 5.74) is 2.24. The molecule has 0 unspecified atom stereocenters. The van der Waals surface area contributed by atoms with E-state index in [1.807, 2.05) is 12.1 Å². The van der Waals surface area contributed by atoms with Crippen molar-refractivity contribution >= 4 is 34.9 Å². The molecule has 184 valence electrons. The molecule has 3 heterocycles. The number of rotatable bonds is 5. The van der Waals surface area contributed by atoms with Crippen LogP contribution < -0.4 is 10.2 Å². The summed E-state index contributed by atoms with van der Waals surface area (Å²) in [6.07, 6.45) is 4.95. The first-order chi connectivity index (χ1) is 16.6. The standard InChI is InChI=1S/C26H31ClN6O2/c1-25(2,3)26(18-6-7-18)15-32(10-11-33(26)24(34)35)23-17(14-28)12-20(22(31-23)16-4-5-16)30-19-8-9-29-21(27)13-19/h8-9,12-13,16,18H,4-7,10-11,15H2,1-3H3,(H,29,30)(H,34,35)/t26-/m1/s1. The first kappa shape index (κ1) is 23.7. The van der Waals surface area contributed by atoms with Crippen LogP contribution in [0.1, 0.15) is 63.6 Å². The second-order valence-electron chi connectivity index (χ2n) is 11.0. The van der Waals surface area contributed by atoms with Crippen molar-refractivity contribution in [2.75, 3.05) is 29.9 Å². The molecule has 2 aromatic heterocycles. The highest BCUT2D eigenvalue weighted by molar-refractivity contribution is 6.29. The number of hydrogen-bond acceptors (Lipinski definition) is 6. The number of nitrogens with one attached hydrogen (secondary N) is 1. The molecule has 1 aliphatic heterocycles. The van der Waals surface area contributed by atoms with Crippen LogP contribution in [0.15, 0.2) is 24.4 Å². The highest BCUT2D eigenvalue weighted by Gasteiger charge is 2.60. The minimum atomic E-state index is -0.867. The zero-order valence-electron chi connectivity index (χ0n) is 20.4. The lowest BCUT2D eigenvalue weighted by Gasteiger charge is -2.57. The van der Waals surface area contributed by atoms with E-state index < -0.39 is 11.6 Å². The lowest BCUT2D eigenvalue weighted by atomic mass is 9.67. The molecule has 1 amide bonds. The monoisotopic (exact) mass is 494 g/mol. The molecule has 2 N–H and O–H groups in total. The van der Waals surface area contributed by atoms with Crippen LogP contribution in [0.25, 0.3) is 0 Å². The summed E-state index contributed by atoms with van der Waals surface area (Å²) in [7, 11) is 0. The third-order valence-corrected chi connectivity index (χ3v) is 7.92. The van der Waals surface area contributed by atoms with E-state index in [9.17, 15) is 15.2 Å². The molecule has 9 heteroatoms. The number of anilines is 3. The third kappa shape index (κ3) is 4.27. The van der Waals surface area contributed by atoms with E-state index in [1.54, 1.807) is 17.2 Å². The first-order valence-electron chi connectivity index (χ1n) is 12.2. The minimum absolute atomic E-state index is 0.264. The number of nitriles is 1. The Kier molecular flexibility index (Phi) is 5.79. The maximum atomic E-state index is 12.3. The number of pyridine rings is 2. The van der Waals surface area contributed by atoms with Crippen LogP contribution in [0.5, 0.6) is 0 Å². The molecule has 2 aliphatic carbocycles. The second kappa shape index (κ2) is 8.56. The van der Waals surface area contributed by atoms with Gasteiger partial charge in [-0.1, -0.05) is 32.4 Å². The fourth-order valence-corrected chi connectivity index (χ4v) is 5.91. The number of halogens is 1. The minimum Gasteiger partial charge on any atom is -0.465 e. The number of amides is 1. The van der Waals surface area contributed by atoms with Gasteiger partial charge in [0, 0.05) is 37.4 Å². The van der Waals surface area contributed by atoms with Crippen LogP contribution in [0, 0.1) is 22.7 Å². The molecule has 35 heavy (non-hydrogen) atoms. The molecule has 0 aromatic carbocycles. The molecule has 0 spiro atoms. The summed E-state index contributed by atoms with van der Waals surface area (Å²) >= 11 is 6.07. The van der Waals surface area contributed by atoms with E-state index in [0.717, 1.165) is 42.8 Å². The maximum Gasteiger partial charge on any atom is 0.407 e. The summed E-state index contributed by atoms with van der Waals surface area (Å²) in [4.78, 5) is 25.3. The Balaban J connectivity index is 1.55. The summed E-state index contributed by atoms with van der Waals surface area (Å²) in [6.45, 7) is 7.83. The van der Waals surface area contributed by atoms with Crippen LogP contribution in [0.4, 0.5) is 22.0 Å². The smallest absolute Gasteiger partial charge is 0.407 e. The summed E-state index contributed by atoms with van der Waals surface area (Å²) in [5, 5.41) is 24.0. The van der Waals surface area contributed by atoms with Crippen molar-refractivity contribution in [2.45, 2.75) is 57.9 Å². The lowest BCUT2D eigenvalue weighted by Crippen LogP contribution is -2.70. The molecule has 3 aliphatic rings. The zero-order chi connectivity index (χ0) is 25.0. The molecule has 2 saturated carbocycles. The average Bonchev–Trinajstić information content (AvgIpc) is 3.70. The lowest BCUT2D eigenvalue weighted by molar-refractivity contribution is -0.0219. The van der Waals surface area contributed by atoms with Crippen molar-refractivity contribution in [1.82, 2.24) is 14.9 Å². The molecular formula is C26H31ClN6O2. The van der Waals surface area contributed by atoms with Gasteiger partial charge in [-0.15, -0.1) is 0 Å². The first-order valence-corrected chi connectivity index (χ1v) is 12.6. The molecule has 0 radical (unpaired) electrons. The fourth-order valence-electron chi connectivity index (χ4n) is 5.73. The van der Waals surface area contributed by atoms with Crippen molar-refractivity contribution < 1.29 is 9.90 Å². The SMILES string of the molecule is CC(C)(C)[C@]1(C2CC2)CN(c2nc(C3CC3)c(Nc3ccnc(Cl)c3)cc2C#N)CCN1C(=O)O. The number of hydrogen-bond donors (Lipinski definition) is 2. The molecular weight excluding hydrogens is 464 g/mol. The van der Waals surface area contributed by atoms with Gasteiger partial charge in [-0.3, -0.25) is 4.90 Å². The maximum absolute atomic E-state index is 12.3.